The minimum absolute atomic E-state index is 0.00327. The Bertz CT molecular complexity index is 1260. The highest BCUT2D eigenvalue weighted by molar-refractivity contribution is 6.11. The number of hydrogen-bond donors (Lipinski definition) is 0. The largest absolute Gasteiger partial charge is 0.406 e. The molecule has 0 fully saturated rings. The minimum Gasteiger partial charge on any atom is -0.311 e. The maximum absolute atomic E-state index is 13.9. The molecule has 0 radical (unpaired) electrons. The molecule has 32 heavy (non-hydrogen) atoms. The molecular weight excluding hydrogens is 417 g/mol. The molecule has 3 aromatic rings. The van der Waals surface area contributed by atoms with Crippen LogP contribution in [-0.2, 0) is 21.7 Å². The average molecular weight is 436 g/mol. The van der Waals surface area contributed by atoms with Gasteiger partial charge in [-0.25, -0.2) is 0 Å². The van der Waals surface area contributed by atoms with Gasteiger partial charge in [-0.2, -0.15) is 13.2 Å². The van der Waals surface area contributed by atoms with Gasteiger partial charge in [-0.15, -0.1) is 0 Å². The molecular formula is C25H19F3N2O2. The molecule has 2 amide bonds. The summed E-state index contributed by atoms with van der Waals surface area (Å²) in [5.74, 6) is -1.34. The molecule has 1 spiro atoms. The van der Waals surface area contributed by atoms with Crippen LogP contribution in [0.4, 0.5) is 18.9 Å². The summed E-state index contributed by atoms with van der Waals surface area (Å²) in [5.41, 5.74) is 0.124. The van der Waals surface area contributed by atoms with Crippen LogP contribution >= 0.6 is 0 Å². The van der Waals surface area contributed by atoms with E-state index >= 15 is 0 Å². The third-order valence-corrected chi connectivity index (χ3v) is 6.19. The van der Waals surface area contributed by atoms with E-state index in [1.807, 2.05) is 42.5 Å². The second-order valence-electron chi connectivity index (χ2n) is 8.05. The number of alkyl halides is 3. The van der Waals surface area contributed by atoms with Crippen molar-refractivity contribution >= 4 is 28.3 Å². The number of fused-ring (bicyclic) bond motifs is 3. The van der Waals surface area contributed by atoms with E-state index in [9.17, 15) is 22.8 Å². The third-order valence-electron chi connectivity index (χ3n) is 6.19. The Labute approximate surface area is 182 Å². The molecule has 2 aliphatic rings. The first-order chi connectivity index (χ1) is 15.3. The molecule has 0 saturated carbocycles. The molecule has 0 saturated heterocycles. The lowest BCUT2D eigenvalue weighted by atomic mass is 9.83. The van der Waals surface area contributed by atoms with Crippen molar-refractivity contribution in [2.75, 3.05) is 11.4 Å². The molecule has 0 N–H and O–H groups in total. The van der Waals surface area contributed by atoms with Gasteiger partial charge in [0.1, 0.15) is 6.54 Å². The lowest BCUT2D eigenvalue weighted by Crippen LogP contribution is -2.58. The van der Waals surface area contributed by atoms with E-state index in [0.717, 1.165) is 22.4 Å². The van der Waals surface area contributed by atoms with E-state index in [4.69, 9.17) is 0 Å². The Hall–Kier alpha value is -3.61. The van der Waals surface area contributed by atoms with Crippen LogP contribution in [0.1, 0.15) is 17.5 Å². The van der Waals surface area contributed by atoms with Gasteiger partial charge in [0.25, 0.3) is 5.91 Å². The number of rotatable bonds is 3. The van der Waals surface area contributed by atoms with Crippen molar-refractivity contribution < 1.29 is 22.8 Å². The monoisotopic (exact) mass is 436 g/mol. The van der Waals surface area contributed by atoms with Crippen LogP contribution in [0.3, 0.4) is 0 Å². The maximum Gasteiger partial charge on any atom is 0.406 e. The summed E-state index contributed by atoms with van der Waals surface area (Å²) in [4.78, 5) is 28.6. The Morgan fingerprint density at radius 1 is 0.906 bits per heavy atom. The lowest BCUT2D eigenvalue weighted by Gasteiger charge is -2.41. The molecule has 2 heterocycles. The van der Waals surface area contributed by atoms with E-state index in [1.165, 1.54) is 11.0 Å². The molecule has 0 bridgehead atoms. The normalized spacial score (nSPS) is 20.5. The molecule has 0 aliphatic carbocycles. The number of para-hydroxylation sites is 1. The molecule has 1 unspecified atom stereocenters. The fourth-order valence-electron chi connectivity index (χ4n) is 4.83. The number of benzene rings is 3. The van der Waals surface area contributed by atoms with Crippen LogP contribution in [0.15, 0.2) is 78.9 Å². The number of nitrogens with zero attached hydrogens (tertiary/aromatic N) is 2. The van der Waals surface area contributed by atoms with Gasteiger partial charge in [0, 0.05) is 12.0 Å². The smallest absolute Gasteiger partial charge is 0.311 e. The molecule has 1 atom stereocenters. The van der Waals surface area contributed by atoms with E-state index in [2.05, 4.69) is 0 Å². The Kier molecular flexibility index (Phi) is 4.58. The van der Waals surface area contributed by atoms with Gasteiger partial charge >= 0.3 is 6.18 Å². The highest BCUT2D eigenvalue weighted by Crippen LogP contribution is 2.49. The number of anilines is 1. The van der Waals surface area contributed by atoms with Crippen molar-refractivity contribution in [2.24, 2.45) is 0 Å². The summed E-state index contributed by atoms with van der Waals surface area (Å²) >= 11 is 0. The van der Waals surface area contributed by atoms with Gasteiger partial charge in [0.05, 0.1) is 12.2 Å². The van der Waals surface area contributed by atoms with Crippen LogP contribution in [0, 0.1) is 0 Å². The molecule has 3 aromatic carbocycles. The maximum atomic E-state index is 13.9. The second kappa shape index (κ2) is 7.22. The molecule has 7 heteroatoms. The zero-order valence-corrected chi connectivity index (χ0v) is 17.0. The summed E-state index contributed by atoms with van der Waals surface area (Å²) in [5, 5.41) is 1.97. The van der Waals surface area contributed by atoms with Gasteiger partial charge in [-0.1, -0.05) is 66.7 Å². The topological polar surface area (TPSA) is 40.6 Å². The minimum atomic E-state index is -4.63. The van der Waals surface area contributed by atoms with Gasteiger partial charge in [0.2, 0.25) is 5.91 Å². The summed E-state index contributed by atoms with van der Waals surface area (Å²) in [6, 6.07) is 20.3. The number of halogens is 3. The SMILES string of the molecule is O=C1C=CCC2(C(=O)N(Cc3cccc4ccccc34)c3ccccc32)N1CC(F)(F)F. The Balaban J connectivity index is 1.64. The molecule has 5 rings (SSSR count). The molecule has 2 aliphatic heterocycles. The van der Waals surface area contributed by atoms with Crippen LogP contribution in [0.5, 0.6) is 0 Å². The quantitative estimate of drug-likeness (QED) is 0.584. The van der Waals surface area contributed by atoms with Crippen LogP contribution in [0.25, 0.3) is 10.8 Å². The first-order valence-electron chi connectivity index (χ1n) is 10.2. The first kappa shape index (κ1) is 20.3. The fraction of sp³-hybridized carbons (Fsp3) is 0.200. The van der Waals surface area contributed by atoms with E-state index in [-0.39, 0.29) is 13.0 Å². The lowest BCUT2D eigenvalue weighted by molar-refractivity contribution is -0.174. The second-order valence-corrected chi connectivity index (χ2v) is 8.05. The summed E-state index contributed by atoms with van der Waals surface area (Å²) in [7, 11) is 0. The van der Waals surface area contributed by atoms with E-state index in [1.54, 1.807) is 24.3 Å². The van der Waals surface area contributed by atoms with Crippen LogP contribution in [0.2, 0.25) is 0 Å². The number of amides is 2. The fourth-order valence-corrected chi connectivity index (χ4v) is 4.83. The highest BCUT2D eigenvalue weighted by atomic mass is 19.4. The first-order valence-corrected chi connectivity index (χ1v) is 10.2. The van der Waals surface area contributed by atoms with Gasteiger partial charge in [-0.3, -0.25) is 9.59 Å². The summed E-state index contributed by atoms with van der Waals surface area (Å²) in [6.45, 7) is -1.30. The van der Waals surface area contributed by atoms with Gasteiger partial charge in [-0.05, 0) is 28.5 Å². The summed E-state index contributed by atoms with van der Waals surface area (Å²) < 4.78 is 40.3. The predicted octanol–water partition coefficient (Wildman–Crippen LogP) is 4.93. The van der Waals surface area contributed by atoms with Crippen molar-refractivity contribution in [3.63, 3.8) is 0 Å². The number of carbonyl (C=O) groups excluding carboxylic acids is 2. The predicted molar refractivity (Wildman–Crippen MR) is 115 cm³/mol. The zero-order valence-electron chi connectivity index (χ0n) is 17.0. The highest BCUT2D eigenvalue weighted by Gasteiger charge is 2.58. The van der Waals surface area contributed by atoms with E-state index < -0.39 is 30.1 Å². The van der Waals surface area contributed by atoms with Gasteiger partial charge in [0.15, 0.2) is 5.54 Å². The molecule has 162 valence electrons. The van der Waals surface area contributed by atoms with Gasteiger partial charge < -0.3 is 9.80 Å². The van der Waals surface area contributed by atoms with Crippen molar-refractivity contribution in [3.8, 4) is 0 Å². The van der Waals surface area contributed by atoms with Crippen molar-refractivity contribution in [2.45, 2.75) is 24.7 Å². The Morgan fingerprint density at radius 3 is 2.44 bits per heavy atom. The molecule has 0 aromatic heterocycles. The van der Waals surface area contributed by atoms with Crippen molar-refractivity contribution in [1.82, 2.24) is 4.90 Å². The van der Waals surface area contributed by atoms with Crippen molar-refractivity contribution in [1.29, 1.82) is 0 Å². The van der Waals surface area contributed by atoms with E-state index in [0.29, 0.717) is 16.2 Å². The molecule has 4 nitrogen and oxygen atoms in total. The van der Waals surface area contributed by atoms with Crippen molar-refractivity contribution in [3.05, 3.63) is 90.0 Å². The van der Waals surface area contributed by atoms with Crippen LogP contribution < -0.4 is 4.90 Å². The Morgan fingerprint density at radius 2 is 1.62 bits per heavy atom. The number of carbonyl (C=O) groups is 2. The third kappa shape index (κ3) is 3.07. The number of hydrogen-bond acceptors (Lipinski definition) is 2. The van der Waals surface area contributed by atoms with Crippen LogP contribution in [-0.4, -0.2) is 29.4 Å². The average Bonchev–Trinajstić information content (AvgIpc) is 2.99. The standard InChI is InChI=1S/C25H19F3N2O2/c26-25(27,28)16-30-22(31)13-6-14-24(30)20-11-3-4-12-21(20)29(23(24)32)15-18-9-5-8-17-7-1-2-10-19(17)18/h1-13H,14-16H2. The summed E-state index contributed by atoms with van der Waals surface area (Å²) in [6.07, 6.45) is -2.03. The zero-order chi connectivity index (χ0) is 22.5.